The molecule has 164 valence electrons. The quantitative estimate of drug-likeness (QED) is 0.355. The van der Waals surface area contributed by atoms with Crippen molar-refractivity contribution in [1.82, 2.24) is 20.4 Å². The number of aromatic nitrogens is 2. The Hall–Kier alpha value is -1.77. The first-order valence-electron chi connectivity index (χ1n) is 10.6. The lowest BCUT2D eigenvalue weighted by atomic mass is 9.94. The van der Waals surface area contributed by atoms with Gasteiger partial charge in [-0.1, -0.05) is 25.1 Å². The number of benzene rings is 1. The maximum absolute atomic E-state index is 5.58. The van der Waals surface area contributed by atoms with Crippen LogP contribution in [0.5, 0.6) is 5.75 Å². The Morgan fingerprint density at radius 1 is 1.30 bits per heavy atom. The van der Waals surface area contributed by atoms with Gasteiger partial charge >= 0.3 is 0 Å². The Bertz CT molecular complexity index is 909. The zero-order valence-electron chi connectivity index (χ0n) is 18.6. The predicted octanol–water partition coefficient (Wildman–Crippen LogP) is 3.84. The minimum absolute atomic E-state index is 0. The molecule has 7 heteroatoms. The Balaban J connectivity index is 0.00000256. The molecule has 1 fully saturated rings. The van der Waals surface area contributed by atoms with Gasteiger partial charge in [0, 0.05) is 48.8 Å². The van der Waals surface area contributed by atoms with Crippen LogP contribution in [0.25, 0.3) is 0 Å². The topological polar surface area (TPSA) is 63.5 Å². The van der Waals surface area contributed by atoms with Crippen molar-refractivity contribution in [2.45, 2.75) is 70.0 Å². The largest absolute Gasteiger partial charge is 0.496 e. The number of fused-ring (bicyclic) bond motifs is 1. The number of nitrogens with zero attached hydrogens (tertiary/aromatic N) is 3. The van der Waals surface area contributed by atoms with Crippen molar-refractivity contribution in [3.63, 3.8) is 0 Å². The van der Waals surface area contributed by atoms with Crippen LogP contribution in [0.3, 0.4) is 0 Å². The molecule has 1 saturated carbocycles. The molecule has 3 atom stereocenters. The molecule has 1 aromatic carbocycles. The van der Waals surface area contributed by atoms with E-state index in [4.69, 9.17) is 9.84 Å². The summed E-state index contributed by atoms with van der Waals surface area (Å²) in [6.45, 7) is 6.64. The highest BCUT2D eigenvalue weighted by molar-refractivity contribution is 14.0. The summed E-state index contributed by atoms with van der Waals surface area (Å²) in [6.07, 6.45) is 6.41. The molecular weight excluding hydrogens is 489 g/mol. The number of aliphatic imine (C=N–C) groups is 1. The van der Waals surface area contributed by atoms with E-state index in [1.54, 1.807) is 7.11 Å². The fourth-order valence-electron chi connectivity index (χ4n) is 4.42. The minimum atomic E-state index is 0. The standard InChI is InChI=1S/C23H33N5O.HI/c1-15(2)28-14-16-10-11-17(12-19(16)27-28)25-22(24-4)26-21-13-23(21,3)18-8-6-7-9-20(18)29-5;/h6-9,14-15,17,21H,10-13H2,1-5H3,(H2,24,25,26);1H. The molecule has 2 aromatic rings. The van der Waals surface area contributed by atoms with E-state index in [1.807, 2.05) is 19.2 Å². The Morgan fingerprint density at radius 3 is 2.77 bits per heavy atom. The summed E-state index contributed by atoms with van der Waals surface area (Å²) in [5, 5.41) is 12.1. The molecular formula is C23H34IN5O. The second-order valence-corrected chi connectivity index (χ2v) is 8.85. The van der Waals surface area contributed by atoms with Crippen LogP contribution in [0.15, 0.2) is 35.5 Å². The number of hydrogen-bond donors (Lipinski definition) is 2. The highest BCUT2D eigenvalue weighted by atomic mass is 127. The number of halogens is 1. The zero-order chi connectivity index (χ0) is 20.6. The van der Waals surface area contributed by atoms with Crippen LogP contribution in [0.4, 0.5) is 0 Å². The number of guanidine groups is 1. The van der Waals surface area contributed by atoms with E-state index < -0.39 is 0 Å². The SMILES string of the molecule is CN=C(NC1CCc2cn(C(C)C)nc2C1)NC1CC1(C)c1ccccc1OC.I. The molecule has 0 bridgehead atoms. The summed E-state index contributed by atoms with van der Waals surface area (Å²) >= 11 is 0. The molecule has 2 aliphatic rings. The third-order valence-corrected chi connectivity index (χ3v) is 6.46. The van der Waals surface area contributed by atoms with Crippen molar-refractivity contribution in [1.29, 1.82) is 0 Å². The number of hydrogen-bond acceptors (Lipinski definition) is 3. The van der Waals surface area contributed by atoms with Crippen molar-refractivity contribution in [2.75, 3.05) is 14.2 Å². The molecule has 1 heterocycles. The molecule has 4 rings (SSSR count). The molecule has 1 aromatic heterocycles. The lowest BCUT2D eigenvalue weighted by molar-refractivity contribution is 0.404. The number of ether oxygens (including phenoxy) is 1. The number of rotatable bonds is 5. The summed E-state index contributed by atoms with van der Waals surface area (Å²) in [7, 11) is 3.59. The van der Waals surface area contributed by atoms with E-state index in [9.17, 15) is 0 Å². The van der Waals surface area contributed by atoms with E-state index in [-0.39, 0.29) is 29.4 Å². The van der Waals surface area contributed by atoms with Gasteiger partial charge in [-0.15, -0.1) is 24.0 Å². The third-order valence-electron chi connectivity index (χ3n) is 6.46. The van der Waals surface area contributed by atoms with Crippen LogP contribution >= 0.6 is 24.0 Å². The Labute approximate surface area is 196 Å². The van der Waals surface area contributed by atoms with Gasteiger partial charge in [0.05, 0.1) is 12.8 Å². The molecule has 3 unspecified atom stereocenters. The van der Waals surface area contributed by atoms with Crippen molar-refractivity contribution in [3.8, 4) is 5.75 Å². The van der Waals surface area contributed by atoms with E-state index in [0.29, 0.717) is 18.1 Å². The molecule has 2 aliphatic carbocycles. The highest BCUT2D eigenvalue weighted by Crippen LogP contribution is 2.50. The van der Waals surface area contributed by atoms with Gasteiger partial charge in [0.25, 0.3) is 0 Å². The van der Waals surface area contributed by atoms with Crippen LogP contribution in [0, 0.1) is 0 Å². The highest BCUT2D eigenvalue weighted by Gasteiger charge is 2.53. The van der Waals surface area contributed by atoms with Gasteiger partial charge in [-0.3, -0.25) is 9.67 Å². The summed E-state index contributed by atoms with van der Waals surface area (Å²) in [5.41, 5.74) is 3.95. The fourth-order valence-corrected chi connectivity index (χ4v) is 4.42. The Kier molecular flexibility index (Phi) is 6.99. The lowest BCUT2D eigenvalue weighted by Crippen LogP contribution is -2.47. The van der Waals surface area contributed by atoms with Crippen molar-refractivity contribution in [3.05, 3.63) is 47.3 Å². The van der Waals surface area contributed by atoms with Crippen LogP contribution in [-0.2, 0) is 18.3 Å². The molecule has 6 nitrogen and oxygen atoms in total. The van der Waals surface area contributed by atoms with E-state index >= 15 is 0 Å². The van der Waals surface area contributed by atoms with Crippen molar-refractivity contribution >= 4 is 29.9 Å². The summed E-state index contributed by atoms with van der Waals surface area (Å²) in [4.78, 5) is 4.49. The molecule has 2 N–H and O–H groups in total. The average molecular weight is 523 g/mol. The molecule has 0 radical (unpaired) electrons. The van der Waals surface area contributed by atoms with Gasteiger partial charge < -0.3 is 15.4 Å². The van der Waals surface area contributed by atoms with Crippen LogP contribution in [0.1, 0.15) is 56.5 Å². The van der Waals surface area contributed by atoms with Crippen LogP contribution in [-0.4, -0.2) is 42.0 Å². The van der Waals surface area contributed by atoms with Gasteiger partial charge in [0.15, 0.2) is 5.96 Å². The molecule has 0 amide bonds. The summed E-state index contributed by atoms with van der Waals surface area (Å²) < 4.78 is 7.67. The molecule has 0 saturated heterocycles. The first-order chi connectivity index (χ1) is 13.9. The van der Waals surface area contributed by atoms with Crippen molar-refractivity contribution < 1.29 is 4.74 Å². The van der Waals surface area contributed by atoms with Crippen LogP contribution < -0.4 is 15.4 Å². The van der Waals surface area contributed by atoms with E-state index in [2.05, 4.69) is 59.4 Å². The number of aryl methyl sites for hydroxylation is 1. The average Bonchev–Trinajstić information content (AvgIpc) is 3.18. The monoisotopic (exact) mass is 523 g/mol. The summed E-state index contributed by atoms with van der Waals surface area (Å²) in [6, 6.07) is 9.44. The minimum Gasteiger partial charge on any atom is -0.496 e. The molecule has 0 spiro atoms. The number of nitrogens with one attached hydrogen (secondary N) is 2. The second-order valence-electron chi connectivity index (χ2n) is 8.85. The van der Waals surface area contributed by atoms with Gasteiger partial charge in [0.2, 0.25) is 0 Å². The zero-order valence-corrected chi connectivity index (χ0v) is 20.9. The van der Waals surface area contributed by atoms with Gasteiger partial charge in [-0.05, 0) is 44.7 Å². The predicted molar refractivity (Wildman–Crippen MR) is 132 cm³/mol. The molecule has 30 heavy (non-hydrogen) atoms. The van der Waals surface area contributed by atoms with Crippen LogP contribution in [0.2, 0.25) is 0 Å². The third kappa shape index (κ3) is 4.45. The van der Waals surface area contributed by atoms with E-state index in [1.165, 1.54) is 16.8 Å². The Morgan fingerprint density at radius 2 is 2.07 bits per heavy atom. The van der Waals surface area contributed by atoms with Crippen molar-refractivity contribution in [2.24, 2.45) is 4.99 Å². The van der Waals surface area contributed by atoms with E-state index in [0.717, 1.165) is 37.4 Å². The maximum atomic E-state index is 5.58. The first kappa shape index (κ1) is 22.9. The fraction of sp³-hybridized carbons (Fsp3) is 0.565. The normalized spacial score (nSPS) is 25.3. The number of methoxy groups -OCH3 is 1. The lowest BCUT2D eigenvalue weighted by Gasteiger charge is -2.25. The van der Waals surface area contributed by atoms with Gasteiger partial charge in [0.1, 0.15) is 5.75 Å². The second kappa shape index (κ2) is 9.16. The van der Waals surface area contributed by atoms with Gasteiger partial charge in [-0.2, -0.15) is 5.10 Å². The maximum Gasteiger partial charge on any atom is 0.191 e. The number of para-hydroxylation sites is 1. The molecule has 0 aliphatic heterocycles. The van der Waals surface area contributed by atoms with Gasteiger partial charge in [-0.25, -0.2) is 0 Å². The smallest absolute Gasteiger partial charge is 0.191 e. The summed E-state index contributed by atoms with van der Waals surface area (Å²) in [5.74, 6) is 1.84. The first-order valence-corrected chi connectivity index (χ1v) is 10.6.